The third-order valence-corrected chi connectivity index (χ3v) is 6.17. The predicted molar refractivity (Wildman–Crippen MR) is 131 cm³/mol. The molecule has 0 radical (unpaired) electrons. The minimum absolute atomic E-state index is 0.0869. The second-order valence-corrected chi connectivity index (χ2v) is 9.11. The molecule has 3 aromatic rings. The molecular formula is C22H25IN4O3S. The standard InChI is InChI=1S/C22H25IN4O3S/c1-5-29-19-10-14(2)6-9-18(19)30-12-20-25-26-22(27(20)4)31-13-21(28)24-17-8-7-16(23)11-15(17)3/h6-11H,5,12-13H2,1-4H3,(H,24,28). The summed E-state index contributed by atoms with van der Waals surface area (Å²) in [7, 11) is 1.86. The minimum atomic E-state index is -0.0869. The van der Waals surface area contributed by atoms with E-state index in [9.17, 15) is 4.79 Å². The first-order chi connectivity index (χ1) is 14.9. The third kappa shape index (κ3) is 6.36. The minimum Gasteiger partial charge on any atom is -0.490 e. The first-order valence-corrected chi connectivity index (χ1v) is 11.9. The van der Waals surface area contributed by atoms with Crippen LogP contribution in [-0.4, -0.2) is 33.0 Å². The summed E-state index contributed by atoms with van der Waals surface area (Å²) in [6, 6.07) is 11.7. The lowest BCUT2D eigenvalue weighted by Gasteiger charge is -2.12. The number of thioether (sulfide) groups is 1. The average molecular weight is 552 g/mol. The van der Waals surface area contributed by atoms with E-state index < -0.39 is 0 Å². The van der Waals surface area contributed by atoms with Gasteiger partial charge in [-0.15, -0.1) is 10.2 Å². The monoisotopic (exact) mass is 552 g/mol. The Balaban J connectivity index is 1.57. The number of hydrogen-bond acceptors (Lipinski definition) is 6. The van der Waals surface area contributed by atoms with Gasteiger partial charge in [0.1, 0.15) is 6.61 Å². The van der Waals surface area contributed by atoms with Crippen molar-refractivity contribution >= 4 is 45.9 Å². The van der Waals surface area contributed by atoms with Crippen LogP contribution < -0.4 is 14.8 Å². The molecule has 0 aliphatic rings. The van der Waals surface area contributed by atoms with Crippen LogP contribution in [0, 0.1) is 17.4 Å². The molecule has 1 aromatic heterocycles. The Bertz CT molecular complexity index is 1070. The van der Waals surface area contributed by atoms with Crippen LogP contribution in [0.1, 0.15) is 23.9 Å². The van der Waals surface area contributed by atoms with E-state index >= 15 is 0 Å². The maximum atomic E-state index is 12.3. The van der Waals surface area contributed by atoms with Crippen molar-refractivity contribution < 1.29 is 14.3 Å². The highest BCUT2D eigenvalue weighted by atomic mass is 127. The zero-order valence-corrected chi connectivity index (χ0v) is 20.9. The number of benzene rings is 2. The van der Waals surface area contributed by atoms with Crippen molar-refractivity contribution in [2.24, 2.45) is 7.05 Å². The van der Waals surface area contributed by atoms with E-state index in [1.54, 1.807) is 0 Å². The van der Waals surface area contributed by atoms with Crippen LogP contribution in [0.15, 0.2) is 41.6 Å². The molecule has 9 heteroatoms. The molecule has 1 N–H and O–H groups in total. The topological polar surface area (TPSA) is 78.3 Å². The zero-order chi connectivity index (χ0) is 22.4. The normalized spacial score (nSPS) is 10.7. The Labute approximate surface area is 200 Å². The van der Waals surface area contributed by atoms with Gasteiger partial charge in [-0.25, -0.2) is 0 Å². The summed E-state index contributed by atoms with van der Waals surface area (Å²) >= 11 is 3.59. The molecule has 0 spiro atoms. The number of aryl methyl sites for hydroxylation is 2. The molecule has 3 rings (SSSR count). The average Bonchev–Trinajstić information content (AvgIpc) is 3.08. The molecule has 0 fully saturated rings. The van der Waals surface area contributed by atoms with Crippen molar-refractivity contribution in [3.8, 4) is 11.5 Å². The number of halogens is 1. The Hall–Kier alpha value is -2.27. The summed E-state index contributed by atoms with van der Waals surface area (Å²) in [6.07, 6.45) is 0. The highest BCUT2D eigenvalue weighted by Gasteiger charge is 2.14. The van der Waals surface area contributed by atoms with Gasteiger partial charge < -0.3 is 19.4 Å². The van der Waals surface area contributed by atoms with Crippen molar-refractivity contribution in [3.05, 3.63) is 56.9 Å². The van der Waals surface area contributed by atoms with Crippen molar-refractivity contribution in [3.63, 3.8) is 0 Å². The highest BCUT2D eigenvalue weighted by Crippen LogP contribution is 2.29. The maximum Gasteiger partial charge on any atom is 0.234 e. The Kier molecular flexibility index (Phi) is 8.19. The molecule has 0 unspecified atom stereocenters. The number of aromatic nitrogens is 3. The number of ether oxygens (including phenoxy) is 2. The van der Waals surface area contributed by atoms with Crippen LogP contribution in [0.2, 0.25) is 0 Å². The van der Waals surface area contributed by atoms with Crippen LogP contribution in [0.25, 0.3) is 0 Å². The van der Waals surface area contributed by atoms with E-state index in [4.69, 9.17) is 9.47 Å². The SMILES string of the molecule is CCOc1cc(C)ccc1OCc1nnc(SCC(=O)Nc2ccc(I)cc2C)n1C. The molecular weight excluding hydrogens is 527 g/mol. The van der Waals surface area contributed by atoms with Gasteiger partial charge in [-0.1, -0.05) is 17.8 Å². The number of carbonyl (C=O) groups excluding carboxylic acids is 1. The second kappa shape index (κ2) is 10.9. The van der Waals surface area contributed by atoms with E-state index in [0.29, 0.717) is 29.1 Å². The first kappa shape index (κ1) is 23.4. The molecule has 1 heterocycles. The Morgan fingerprint density at radius 1 is 1.13 bits per heavy atom. The van der Waals surface area contributed by atoms with Crippen LogP contribution in [0.4, 0.5) is 5.69 Å². The second-order valence-electron chi connectivity index (χ2n) is 6.93. The van der Waals surface area contributed by atoms with Crippen LogP contribution in [-0.2, 0) is 18.4 Å². The van der Waals surface area contributed by atoms with Gasteiger partial charge in [0.15, 0.2) is 22.5 Å². The molecule has 1 amide bonds. The number of carbonyl (C=O) groups is 1. The number of rotatable bonds is 9. The number of nitrogens with one attached hydrogen (secondary N) is 1. The van der Waals surface area contributed by atoms with E-state index in [1.165, 1.54) is 11.8 Å². The highest BCUT2D eigenvalue weighted by molar-refractivity contribution is 14.1. The summed E-state index contributed by atoms with van der Waals surface area (Å²) in [6.45, 7) is 6.74. The quantitative estimate of drug-likeness (QED) is 0.305. The van der Waals surface area contributed by atoms with E-state index in [-0.39, 0.29) is 18.3 Å². The van der Waals surface area contributed by atoms with Gasteiger partial charge in [0.05, 0.1) is 12.4 Å². The van der Waals surface area contributed by atoms with E-state index in [2.05, 4.69) is 38.1 Å². The van der Waals surface area contributed by atoms with Crippen molar-refractivity contribution in [1.29, 1.82) is 0 Å². The van der Waals surface area contributed by atoms with Crippen LogP contribution in [0.5, 0.6) is 11.5 Å². The fourth-order valence-electron chi connectivity index (χ4n) is 2.83. The molecule has 2 aromatic carbocycles. The molecule has 7 nitrogen and oxygen atoms in total. The Morgan fingerprint density at radius 3 is 2.68 bits per heavy atom. The van der Waals surface area contributed by atoms with Gasteiger partial charge in [0.25, 0.3) is 0 Å². The molecule has 0 aliphatic carbocycles. The van der Waals surface area contributed by atoms with Gasteiger partial charge >= 0.3 is 0 Å². The van der Waals surface area contributed by atoms with Crippen molar-refractivity contribution in [2.45, 2.75) is 32.5 Å². The fourth-order valence-corrected chi connectivity index (χ4v) is 4.20. The van der Waals surface area contributed by atoms with Crippen molar-refractivity contribution in [1.82, 2.24) is 14.8 Å². The molecule has 31 heavy (non-hydrogen) atoms. The van der Waals surface area contributed by atoms with Gasteiger partial charge in [-0.3, -0.25) is 4.79 Å². The summed E-state index contributed by atoms with van der Waals surface area (Å²) in [5.41, 5.74) is 2.96. The lowest BCUT2D eigenvalue weighted by Crippen LogP contribution is -2.15. The number of anilines is 1. The smallest absolute Gasteiger partial charge is 0.234 e. The van der Waals surface area contributed by atoms with E-state index in [0.717, 1.165) is 20.4 Å². The summed E-state index contributed by atoms with van der Waals surface area (Å²) in [4.78, 5) is 12.3. The van der Waals surface area contributed by atoms with Gasteiger partial charge in [0.2, 0.25) is 5.91 Å². The van der Waals surface area contributed by atoms with Gasteiger partial charge in [-0.05, 0) is 84.8 Å². The lowest BCUT2D eigenvalue weighted by atomic mass is 10.2. The van der Waals surface area contributed by atoms with E-state index in [1.807, 2.05) is 68.8 Å². The number of amides is 1. The largest absolute Gasteiger partial charge is 0.490 e. The number of nitrogens with zero attached hydrogens (tertiary/aromatic N) is 3. The molecule has 0 saturated heterocycles. The van der Waals surface area contributed by atoms with Crippen molar-refractivity contribution in [2.75, 3.05) is 17.7 Å². The summed E-state index contributed by atoms with van der Waals surface area (Å²) in [5, 5.41) is 12.0. The first-order valence-electron chi connectivity index (χ1n) is 9.80. The lowest BCUT2D eigenvalue weighted by molar-refractivity contribution is -0.113. The molecule has 0 bridgehead atoms. The maximum absolute atomic E-state index is 12.3. The number of hydrogen-bond donors (Lipinski definition) is 1. The van der Waals surface area contributed by atoms with Gasteiger partial charge in [-0.2, -0.15) is 0 Å². The van der Waals surface area contributed by atoms with Crippen LogP contribution in [0.3, 0.4) is 0 Å². The fraction of sp³-hybridized carbons (Fsp3) is 0.318. The van der Waals surface area contributed by atoms with Crippen LogP contribution >= 0.6 is 34.4 Å². The molecule has 0 saturated carbocycles. The third-order valence-electron chi connectivity index (χ3n) is 4.48. The summed E-state index contributed by atoms with van der Waals surface area (Å²) in [5.74, 6) is 2.19. The molecule has 0 aliphatic heterocycles. The zero-order valence-electron chi connectivity index (χ0n) is 17.9. The molecule has 0 atom stereocenters. The Morgan fingerprint density at radius 2 is 1.94 bits per heavy atom. The summed E-state index contributed by atoms with van der Waals surface area (Å²) < 4.78 is 14.5. The van der Waals surface area contributed by atoms with Gasteiger partial charge in [0, 0.05) is 16.3 Å². The predicted octanol–water partition coefficient (Wildman–Crippen LogP) is 4.75. The molecule has 164 valence electrons.